The Morgan fingerprint density at radius 3 is 2.88 bits per heavy atom. The minimum absolute atomic E-state index is 0.272. The molecule has 0 saturated carbocycles. The van der Waals surface area contributed by atoms with E-state index >= 15 is 0 Å². The predicted octanol–water partition coefficient (Wildman–Crippen LogP) is 4.02. The summed E-state index contributed by atoms with van der Waals surface area (Å²) in [5.41, 5.74) is 2.45. The van der Waals surface area contributed by atoms with Crippen LogP contribution in [0.1, 0.15) is 31.2 Å². The number of nitrogens with zero attached hydrogens (tertiary/aromatic N) is 4. The summed E-state index contributed by atoms with van der Waals surface area (Å²) in [5, 5.41) is 8.49. The normalized spacial score (nSPS) is 11.0. The third kappa shape index (κ3) is 4.03. The molecule has 0 spiro atoms. The molecule has 3 aromatic rings. The number of hydrogen-bond acceptors (Lipinski definition) is 6. The maximum absolute atomic E-state index is 11.3. The number of hydrogen-bond donors (Lipinski definition) is 1. The highest BCUT2D eigenvalue weighted by atomic mass is 35.5. The van der Waals surface area contributed by atoms with Crippen LogP contribution in [0.2, 0.25) is 5.02 Å². The minimum atomic E-state index is -0.507. The Morgan fingerprint density at radius 2 is 2.19 bits per heavy atom. The molecule has 1 amide bonds. The van der Waals surface area contributed by atoms with Gasteiger partial charge in [0.15, 0.2) is 0 Å². The molecule has 2 aromatic heterocycles. The Bertz CT molecular complexity index is 922. The lowest BCUT2D eigenvalue weighted by Crippen LogP contribution is -2.22. The second kappa shape index (κ2) is 7.84. The third-order valence-corrected chi connectivity index (χ3v) is 4.77. The summed E-state index contributed by atoms with van der Waals surface area (Å²) in [6.07, 6.45) is 1.34. The lowest BCUT2D eigenvalue weighted by Gasteiger charge is -2.07. The van der Waals surface area contributed by atoms with Crippen molar-refractivity contribution in [3.63, 3.8) is 0 Å². The number of carbonyl (C=O) groups excluding carboxylic acids is 1. The number of amides is 1. The van der Waals surface area contributed by atoms with Crippen molar-refractivity contribution in [2.45, 2.75) is 26.3 Å². The van der Waals surface area contributed by atoms with Crippen molar-refractivity contribution in [3.05, 3.63) is 46.9 Å². The quantitative estimate of drug-likeness (QED) is 0.710. The Balaban J connectivity index is 1.83. The van der Waals surface area contributed by atoms with Crippen LogP contribution in [0.4, 0.5) is 4.79 Å². The van der Waals surface area contributed by atoms with Gasteiger partial charge in [-0.05, 0) is 23.8 Å². The summed E-state index contributed by atoms with van der Waals surface area (Å²) < 4.78 is 10.6. The second-order valence-electron chi connectivity index (χ2n) is 5.89. The molecule has 26 heavy (non-hydrogen) atoms. The molecule has 7 nitrogen and oxygen atoms in total. The first-order valence-corrected chi connectivity index (χ1v) is 9.13. The molecule has 0 fully saturated rings. The van der Waals surface area contributed by atoms with Crippen LogP contribution < -0.4 is 5.32 Å². The highest BCUT2D eigenvalue weighted by Gasteiger charge is 2.12. The average Bonchev–Trinajstić information content (AvgIpc) is 3.29. The summed E-state index contributed by atoms with van der Waals surface area (Å²) >= 11 is 7.53. The summed E-state index contributed by atoms with van der Waals surface area (Å²) in [6.45, 7) is 4.38. The van der Waals surface area contributed by atoms with Gasteiger partial charge in [0.05, 0.1) is 12.8 Å². The van der Waals surface area contributed by atoms with E-state index in [1.54, 1.807) is 10.7 Å². The SMILES string of the molecule is COC(=O)NCc1cc(-c2ccn(-c3nc(C(C)C)ns3)n2)ccc1Cl. The van der Waals surface area contributed by atoms with Gasteiger partial charge in [-0.1, -0.05) is 31.5 Å². The first kappa shape index (κ1) is 18.3. The number of rotatable bonds is 5. The number of benzene rings is 1. The van der Waals surface area contributed by atoms with Crippen LogP contribution in [0.15, 0.2) is 30.5 Å². The van der Waals surface area contributed by atoms with Crippen LogP contribution in [0, 0.1) is 0 Å². The third-order valence-electron chi connectivity index (χ3n) is 3.68. The van der Waals surface area contributed by atoms with Gasteiger partial charge in [0.1, 0.15) is 5.82 Å². The van der Waals surface area contributed by atoms with Crippen molar-refractivity contribution >= 4 is 29.2 Å². The predicted molar refractivity (Wildman–Crippen MR) is 101 cm³/mol. The monoisotopic (exact) mass is 391 g/mol. The zero-order valence-electron chi connectivity index (χ0n) is 14.6. The van der Waals surface area contributed by atoms with Crippen molar-refractivity contribution < 1.29 is 9.53 Å². The van der Waals surface area contributed by atoms with E-state index in [4.69, 9.17) is 11.6 Å². The molecule has 0 saturated heterocycles. The Morgan fingerprint density at radius 1 is 1.38 bits per heavy atom. The van der Waals surface area contributed by atoms with E-state index in [-0.39, 0.29) is 12.5 Å². The van der Waals surface area contributed by atoms with E-state index in [1.165, 1.54) is 18.6 Å². The smallest absolute Gasteiger partial charge is 0.407 e. The fourth-order valence-electron chi connectivity index (χ4n) is 2.25. The van der Waals surface area contributed by atoms with Gasteiger partial charge >= 0.3 is 6.09 Å². The first-order valence-electron chi connectivity index (χ1n) is 7.98. The van der Waals surface area contributed by atoms with Crippen LogP contribution in [0.5, 0.6) is 0 Å². The molecule has 2 heterocycles. The lowest BCUT2D eigenvalue weighted by atomic mass is 10.1. The molecular formula is C17H18ClN5O2S. The van der Waals surface area contributed by atoms with Gasteiger partial charge in [0, 0.05) is 40.8 Å². The molecule has 0 bridgehead atoms. The number of carbonyl (C=O) groups is 1. The molecule has 1 aromatic carbocycles. The number of alkyl carbamates (subject to hydrolysis) is 1. The molecule has 0 atom stereocenters. The van der Waals surface area contributed by atoms with Crippen LogP contribution >= 0.6 is 23.1 Å². The summed E-state index contributed by atoms with van der Waals surface area (Å²) in [7, 11) is 1.32. The minimum Gasteiger partial charge on any atom is -0.453 e. The van der Waals surface area contributed by atoms with Gasteiger partial charge < -0.3 is 10.1 Å². The Hall–Kier alpha value is -2.45. The fourth-order valence-corrected chi connectivity index (χ4v) is 3.18. The topological polar surface area (TPSA) is 81.9 Å². The second-order valence-corrected chi connectivity index (χ2v) is 7.02. The molecule has 0 radical (unpaired) electrons. The van der Waals surface area contributed by atoms with Crippen LogP contribution in [0.25, 0.3) is 16.4 Å². The van der Waals surface area contributed by atoms with Gasteiger partial charge in [-0.2, -0.15) is 9.47 Å². The summed E-state index contributed by atoms with van der Waals surface area (Å²) in [4.78, 5) is 15.8. The Labute approximate surface area is 160 Å². The highest BCUT2D eigenvalue weighted by molar-refractivity contribution is 7.08. The van der Waals surface area contributed by atoms with E-state index in [0.29, 0.717) is 5.02 Å². The number of nitrogens with one attached hydrogen (secondary N) is 1. The standard InChI is InChI=1S/C17H18ClN5O2S/c1-10(2)15-20-16(26-22-15)23-7-6-14(21-23)11-4-5-13(18)12(8-11)9-19-17(24)25-3/h4-8,10H,9H2,1-3H3,(H,19,24). The van der Waals surface area contributed by atoms with Gasteiger partial charge in [-0.3, -0.25) is 0 Å². The van der Waals surface area contributed by atoms with Gasteiger partial charge in [-0.15, -0.1) is 0 Å². The van der Waals surface area contributed by atoms with Crippen LogP contribution in [-0.2, 0) is 11.3 Å². The highest BCUT2D eigenvalue weighted by Crippen LogP contribution is 2.25. The molecule has 0 aliphatic heterocycles. The van der Waals surface area contributed by atoms with E-state index in [1.807, 2.05) is 24.4 Å². The number of aromatic nitrogens is 4. The van der Waals surface area contributed by atoms with E-state index < -0.39 is 6.09 Å². The van der Waals surface area contributed by atoms with E-state index in [2.05, 4.69) is 38.4 Å². The zero-order chi connectivity index (χ0) is 18.7. The molecule has 1 N–H and O–H groups in total. The lowest BCUT2D eigenvalue weighted by molar-refractivity contribution is 0.170. The molecular weight excluding hydrogens is 374 g/mol. The fraction of sp³-hybridized carbons (Fsp3) is 0.294. The van der Waals surface area contributed by atoms with Gasteiger partial charge in [0.25, 0.3) is 0 Å². The van der Waals surface area contributed by atoms with E-state index in [0.717, 1.165) is 27.8 Å². The van der Waals surface area contributed by atoms with Crippen molar-refractivity contribution in [1.82, 2.24) is 24.5 Å². The molecule has 3 rings (SSSR count). The van der Waals surface area contributed by atoms with Crippen molar-refractivity contribution in [2.24, 2.45) is 0 Å². The van der Waals surface area contributed by atoms with Crippen molar-refractivity contribution in [3.8, 4) is 16.4 Å². The van der Waals surface area contributed by atoms with Gasteiger partial charge in [-0.25, -0.2) is 14.5 Å². The van der Waals surface area contributed by atoms with Gasteiger partial charge in [0.2, 0.25) is 5.13 Å². The maximum atomic E-state index is 11.3. The molecule has 0 aliphatic rings. The molecule has 0 unspecified atom stereocenters. The molecule has 0 aliphatic carbocycles. The zero-order valence-corrected chi connectivity index (χ0v) is 16.1. The first-order chi connectivity index (χ1) is 12.5. The number of methoxy groups -OCH3 is 1. The van der Waals surface area contributed by atoms with E-state index in [9.17, 15) is 4.79 Å². The molecule has 136 valence electrons. The van der Waals surface area contributed by atoms with Crippen LogP contribution in [-0.4, -0.2) is 32.3 Å². The van der Waals surface area contributed by atoms with Crippen molar-refractivity contribution in [2.75, 3.05) is 7.11 Å². The summed E-state index contributed by atoms with van der Waals surface area (Å²) in [5.74, 6) is 1.08. The van der Waals surface area contributed by atoms with Crippen molar-refractivity contribution in [1.29, 1.82) is 0 Å². The number of halogens is 1. The largest absolute Gasteiger partial charge is 0.453 e. The maximum Gasteiger partial charge on any atom is 0.407 e. The average molecular weight is 392 g/mol. The van der Waals surface area contributed by atoms with Crippen LogP contribution in [0.3, 0.4) is 0 Å². The Kier molecular flexibility index (Phi) is 5.53. The summed E-state index contributed by atoms with van der Waals surface area (Å²) in [6, 6.07) is 7.46. The molecule has 9 heteroatoms. The number of ether oxygens (including phenoxy) is 1.